The second-order valence-electron chi connectivity index (χ2n) is 7.28. The van der Waals surface area contributed by atoms with Gasteiger partial charge in [-0.3, -0.25) is 19.7 Å². The van der Waals surface area contributed by atoms with E-state index in [1.807, 2.05) is 35.3 Å². The zero-order chi connectivity index (χ0) is 19.6. The second-order valence-corrected chi connectivity index (χ2v) is 7.28. The van der Waals surface area contributed by atoms with Crippen LogP contribution in [0.2, 0.25) is 0 Å². The number of H-pyrrole nitrogens is 2. The molecule has 0 aliphatic carbocycles. The molecule has 0 bridgehead atoms. The molecule has 3 aromatic heterocycles. The van der Waals surface area contributed by atoms with Crippen molar-refractivity contribution in [3.63, 3.8) is 0 Å². The van der Waals surface area contributed by atoms with Crippen LogP contribution in [0.4, 0.5) is 5.69 Å². The highest BCUT2D eigenvalue weighted by Gasteiger charge is 2.17. The van der Waals surface area contributed by atoms with Crippen LogP contribution in [0, 0.1) is 5.92 Å². The smallest absolute Gasteiger partial charge is 0.276 e. The lowest BCUT2D eigenvalue weighted by atomic mass is 10.0. The maximum absolute atomic E-state index is 12.7. The number of anilines is 1. The number of carbonyl (C=O) groups is 1. The van der Waals surface area contributed by atoms with Crippen LogP contribution in [0.1, 0.15) is 23.3 Å². The van der Waals surface area contributed by atoms with Gasteiger partial charge in [0.15, 0.2) is 5.69 Å². The Morgan fingerprint density at radius 1 is 1.24 bits per heavy atom. The molecule has 9 nitrogen and oxygen atoms in total. The Labute approximate surface area is 166 Å². The number of ether oxygens (including phenoxy) is 1. The summed E-state index contributed by atoms with van der Waals surface area (Å²) in [5.74, 6) is 0.296. The van der Waals surface area contributed by atoms with Crippen molar-refractivity contribution in [3.8, 4) is 11.1 Å². The monoisotopic (exact) mass is 391 g/mol. The van der Waals surface area contributed by atoms with Crippen LogP contribution in [-0.4, -0.2) is 49.3 Å². The van der Waals surface area contributed by atoms with Crippen LogP contribution in [0.15, 0.2) is 43.0 Å². The van der Waals surface area contributed by atoms with Gasteiger partial charge < -0.3 is 10.1 Å². The first-order valence-electron chi connectivity index (χ1n) is 9.65. The molecule has 1 aliphatic rings. The topological polar surface area (TPSA) is 114 Å². The summed E-state index contributed by atoms with van der Waals surface area (Å²) in [6, 6.07) is 5.80. The summed E-state index contributed by atoms with van der Waals surface area (Å²) in [5.41, 5.74) is 3.79. The molecule has 1 fully saturated rings. The van der Waals surface area contributed by atoms with Crippen LogP contribution in [0.3, 0.4) is 0 Å². The van der Waals surface area contributed by atoms with Gasteiger partial charge in [-0.2, -0.15) is 15.3 Å². The summed E-state index contributed by atoms with van der Waals surface area (Å²) in [7, 11) is 0. The van der Waals surface area contributed by atoms with Crippen LogP contribution in [-0.2, 0) is 11.3 Å². The van der Waals surface area contributed by atoms with Gasteiger partial charge in [-0.15, -0.1) is 0 Å². The first-order valence-corrected chi connectivity index (χ1v) is 9.65. The summed E-state index contributed by atoms with van der Waals surface area (Å²) in [4.78, 5) is 12.7. The molecular weight excluding hydrogens is 370 g/mol. The van der Waals surface area contributed by atoms with Crippen molar-refractivity contribution in [2.24, 2.45) is 5.92 Å². The summed E-state index contributed by atoms with van der Waals surface area (Å²) >= 11 is 0. The van der Waals surface area contributed by atoms with E-state index in [4.69, 9.17) is 4.74 Å². The first-order chi connectivity index (χ1) is 14.3. The second kappa shape index (κ2) is 7.51. The van der Waals surface area contributed by atoms with E-state index in [-0.39, 0.29) is 5.91 Å². The molecule has 29 heavy (non-hydrogen) atoms. The van der Waals surface area contributed by atoms with E-state index in [0.717, 1.165) is 54.6 Å². The fourth-order valence-electron chi connectivity index (χ4n) is 3.69. The van der Waals surface area contributed by atoms with Crippen molar-refractivity contribution in [3.05, 3.63) is 48.7 Å². The Balaban J connectivity index is 1.30. The Morgan fingerprint density at radius 3 is 2.97 bits per heavy atom. The maximum atomic E-state index is 12.7. The van der Waals surface area contributed by atoms with Gasteiger partial charge in [-0.25, -0.2) is 0 Å². The van der Waals surface area contributed by atoms with E-state index >= 15 is 0 Å². The van der Waals surface area contributed by atoms with Crippen LogP contribution in [0.5, 0.6) is 0 Å². The average Bonchev–Trinajstić information content (AvgIpc) is 3.49. The molecule has 0 radical (unpaired) electrons. The van der Waals surface area contributed by atoms with Crippen LogP contribution < -0.4 is 5.32 Å². The molecule has 1 aliphatic heterocycles. The van der Waals surface area contributed by atoms with Gasteiger partial charge in [0.05, 0.1) is 23.6 Å². The zero-order valence-corrected chi connectivity index (χ0v) is 15.8. The molecule has 4 aromatic rings. The lowest BCUT2D eigenvalue weighted by Crippen LogP contribution is -2.20. The minimum absolute atomic E-state index is 0.266. The molecule has 9 heteroatoms. The molecule has 1 aromatic carbocycles. The number of fused-ring (bicyclic) bond motifs is 1. The van der Waals surface area contributed by atoms with Crippen molar-refractivity contribution in [2.75, 3.05) is 18.5 Å². The Morgan fingerprint density at radius 2 is 2.14 bits per heavy atom. The highest BCUT2D eigenvalue weighted by Crippen LogP contribution is 2.25. The normalized spacial score (nSPS) is 15.0. The van der Waals surface area contributed by atoms with Gasteiger partial charge in [-0.1, -0.05) is 6.07 Å². The summed E-state index contributed by atoms with van der Waals surface area (Å²) in [5, 5.41) is 22.0. The van der Waals surface area contributed by atoms with Crippen molar-refractivity contribution < 1.29 is 9.53 Å². The van der Waals surface area contributed by atoms with E-state index in [1.165, 1.54) is 0 Å². The molecule has 4 heterocycles. The molecule has 3 N–H and O–H groups in total. The third-order valence-electron chi connectivity index (χ3n) is 5.29. The maximum Gasteiger partial charge on any atom is 0.276 e. The number of benzene rings is 1. The molecule has 0 atom stereocenters. The number of aromatic amines is 2. The zero-order valence-electron chi connectivity index (χ0n) is 15.8. The highest BCUT2D eigenvalue weighted by molar-refractivity contribution is 6.11. The van der Waals surface area contributed by atoms with Gasteiger partial charge >= 0.3 is 0 Å². The van der Waals surface area contributed by atoms with E-state index in [1.54, 1.807) is 12.4 Å². The van der Waals surface area contributed by atoms with Crippen molar-refractivity contribution in [1.82, 2.24) is 30.2 Å². The fraction of sp³-hybridized carbons (Fsp3) is 0.300. The predicted octanol–water partition coefficient (Wildman–Crippen LogP) is 2.83. The van der Waals surface area contributed by atoms with E-state index < -0.39 is 0 Å². The van der Waals surface area contributed by atoms with E-state index in [9.17, 15) is 4.79 Å². The minimum Gasteiger partial charge on any atom is -0.381 e. The van der Waals surface area contributed by atoms with Gasteiger partial charge in [0.25, 0.3) is 5.91 Å². The van der Waals surface area contributed by atoms with E-state index in [2.05, 4.69) is 30.8 Å². The standard InChI is InChI=1S/C20H21N7O2/c28-20(24-16-10-23-27(12-16)11-13-3-5-29-6-4-13)19-17-2-1-14(7-18(17)25-26-19)15-8-21-22-9-15/h1-2,7-10,12-13H,3-6,11H2,(H,21,22)(H,24,28)(H,25,26). The molecule has 0 spiro atoms. The third kappa shape index (κ3) is 3.64. The van der Waals surface area contributed by atoms with Crippen molar-refractivity contribution >= 4 is 22.5 Å². The fourth-order valence-corrected chi connectivity index (χ4v) is 3.69. The molecule has 0 saturated carbocycles. The SMILES string of the molecule is O=C(Nc1cnn(CC2CCOCC2)c1)c1n[nH]c2cc(-c3cn[nH]c3)ccc12. The molecule has 1 amide bonds. The first kappa shape index (κ1) is 17.6. The summed E-state index contributed by atoms with van der Waals surface area (Å²) in [6.07, 6.45) is 9.19. The number of aromatic nitrogens is 6. The predicted molar refractivity (Wildman–Crippen MR) is 107 cm³/mol. The Kier molecular flexibility index (Phi) is 4.57. The van der Waals surface area contributed by atoms with Crippen molar-refractivity contribution in [2.45, 2.75) is 19.4 Å². The van der Waals surface area contributed by atoms with Gasteiger partial charge in [0.2, 0.25) is 0 Å². The van der Waals surface area contributed by atoms with E-state index in [0.29, 0.717) is 17.3 Å². The quantitative estimate of drug-likeness (QED) is 0.484. The number of amides is 1. The lowest BCUT2D eigenvalue weighted by Gasteiger charge is -2.21. The number of rotatable bonds is 5. The molecule has 5 rings (SSSR count). The average molecular weight is 391 g/mol. The number of carbonyl (C=O) groups excluding carboxylic acids is 1. The molecule has 0 unspecified atom stereocenters. The van der Waals surface area contributed by atoms with Gasteiger partial charge in [0, 0.05) is 43.1 Å². The molecule has 148 valence electrons. The number of nitrogens with one attached hydrogen (secondary N) is 3. The highest BCUT2D eigenvalue weighted by atomic mass is 16.5. The summed E-state index contributed by atoms with van der Waals surface area (Å²) < 4.78 is 7.28. The Hall–Kier alpha value is -3.46. The number of hydrogen-bond donors (Lipinski definition) is 3. The van der Waals surface area contributed by atoms with Crippen LogP contribution >= 0.6 is 0 Å². The largest absolute Gasteiger partial charge is 0.381 e. The van der Waals surface area contributed by atoms with Gasteiger partial charge in [-0.05, 0) is 36.5 Å². The lowest BCUT2D eigenvalue weighted by molar-refractivity contribution is 0.0601. The molecule has 1 saturated heterocycles. The number of hydrogen-bond acceptors (Lipinski definition) is 5. The van der Waals surface area contributed by atoms with Crippen molar-refractivity contribution in [1.29, 1.82) is 0 Å². The minimum atomic E-state index is -0.266. The Bertz CT molecular complexity index is 1120. The summed E-state index contributed by atoms with van der Waals surface area (Å²) in [6.45, 7) is 2.45. The third-order valence-corrected chi connectivity index (χ3v) is 5.29. The molecular formula is C20H21N7O2. The number of nitrogens with zero attached hydrogens (tertiary/aromatic N) is 4. The van der Waals surface area contributed by atoms with Gasteiger partial charge in [0.1, 0.15) is 0 Å². The van der Waals surface area contributed by atoms with Crippen LogP contribution in [0.25, 0.3) is 22.0 Å².